The third-order valence-electron chi connectivity index (χ3n) is 3.59. The topological polar surface area (TPSA) is 70.7 Å². The zero-order valence-corrected chi connectivity index (χ0v) is 14.7. The summed E-state index contributed by atoms with van der Waals surface area (Å²) in [6.07, 6.45) is 2.61. The van der Waals surface area contributed by atoms with Crippen molar-refractivity contribution in [1.82, 2.24) is 15.2 Å². The standard InChI is InChI=1S/C18H14N4OS2/c23-17(15-10-14(21-22-15)16-7-4-8-24-16)20-18-19-11-13(25-18)9-12-5-2-1-3-6-12/h1-8,10-11H,9H2,(H,21,22)(H,19,20,23). The van der Waals surface area contributed by atoms with Crippen LogP contribution in [0.5, 0.6) is 0 Å². The van der Waals surface area contributed by atoms with Crippen LogP contribution in [0.15, 0.2) is 60.1 Å². The first-order valence-electron chi connectivity index (χ1n) is 7.67. The number of carbonyl (C=O) groups is 1. The van der Waals surface area contributed by atoms with E-state index in [1.807, 2.05) is 35.7 Å². The fourth-order valence-electron chi connectivity index (χ4n) is 2.40. The van der Waals surface area contributed by atoms with E-state index in [9.17, 15) is 4.79 Å². The lowest BCUT2D eigenvalue weighted by Gasteiger charge is -1.98. The number of H-pyrrole nitrogens is 1. The summed E-state index contributed by atoms with van der Waals surface area (Å²) < 4.78 is 0. The van der Waals surface area contributed by atoms with Crippen LogP contribution in [0, 0.1) is 0 Å². The van der Waals surface area contributed by atoms with E-state index in [0.717, 1.165) is 21.9 Å². The van der Waals surface area contributed by atoms with Crippen molar-refractivity contribution in [2.75, 3.05) is 5.32 Å². The van der Waals surface area contributed by atoms with Crippen LogP contribution in [-0.4, -0.2) is 21.1 Å². The number of anilines is 1. The van der Waals surface area contributed by atoms with Crippen molar-refractivity contribution in [3.8, 4) is 10.6 Å². The summed E-state index contributed by atoms with van der Waals surface area (Å²) in [6, 6.07) is 15.9. The lowest BCUT2D eigenvalue weighted by Crippen LogP contribution is -2.11. The maximum Gasteiger partial charge on any atom is 0.277 e. The van der Waals surface area contributed by atoms with E-state index in [0.29, 0.717) is 10.8 Å². The van der Waals surface area contributed by atoms with Gasteiger partial charge in [-0.05, 0) is 23.1 Å². The van der Waals surface area contributed by atoms with E-state index in [1.54, 1.807) is 23.6 Å². The first kappa shape index (κ1) is 15.7. The third-order valence-corrected chi connectivity index (χ3v) is 5.41. The third kappa shape index (κ3) is 3.67. The monoisotopic (exact) mass is 366 g/mol. The number of thiophene rings is 1. The van der Waals surface area contributed by atoms with Gasteiger partial charge in [-0.3, -0.25) is 15.2 Å². The SMILES string of the molecule is O=C(Nc1ncc(Cc2ccccc2)s1)c1cc(-c2cccs2)[nH]n1. The number of rotatable bonds is 5. The molecule has 4 aromatic rings. The molecule has 0 aliphatic rings. The molecule has 0 unspecified atom stereocenters. The van der Waals surface area contributed by atoms with Crippen LogP contribution >= 0.6 is 22.7 Å². The molecule has 0 radical (unpaired) electrons. The van der Waals surface area contributed by atoms with Gasteiger partial charge in [0.05, 0.1) is 10.6 Å². The molecule has 0 spiro atoms. The van der Waals surface area contributed by atoms with Gasteiger partial charge in [0.15, 0.2) is 10.8 Å². The summed E-state index contributed by atoms with van der Waals surface area (Å²) in [5.74, 6) is -0.264. The maximum atomic E-state index is 12.3. The quantitative estimate of drug-likeness (QED) is 0.549. The molecule has 3 aromatic heterocycles. The number of aromatic nitrogens is 3. The van der Waals surface area contributed by atoms with E-state index in [-0.39, 0.29) is 5.91 Å². The van der Waals surface area contributed by atoms with E-state index in [1.165, 1.54) is 16.9 Å². The molecule has 0 bridgehead atoms. The van der Waals surface area contributed by atoms with Crippen molar-refractivity contribution in [2.24, 2.45) is 0 Å². The smallest absolute Gasteiger partial charge is 0.277 e. The zero-order valence-electron chi connectivity index (χ0n) is 13.1. The molecule has 124 valence electrons. The largest absolute Gasteiger partial charge is 0.296 e. The number of carbonyl (C=O) groups excluding carboxylic acids is 1. The van der Waals surface area contributed by atoms with E-state index in [4.69, 9.17) is 0 Å². The highest BCUT2D eigenvalue weighted by Crippen LogP contribution is 2.24. The number of thiazole rings is 1. The summed E-state index contributed by atoms with van der Waals surface area (Å²) >= 11 is 3.07. The fourth-order valence-corrected chi connectivity index (χ4v) is 3.94. The van der Waals surface area contributed by atoms with Crippen LogP contribution < -0.4 is 5.32 Å². The number of nitrogens with zero attached hydrogens (tertiary/aromatic N) is 2. The highest BCUT2D eigenvalue weighted by Gasteiger charge is 2.14. The normalized spacial score (nSPS) is 10.7. The number of nitrogens with one attached hydrogen (secondary N) is 2. The van der Waals surface area contributed by atoms with Crippen LogP contribution in [0.1, 0.15) is 20.9 Å². The van der Waals surface area contributed by atoms with Gasteiger partial charge in [0.25, 0.3) is 5.91 Å². The Morgan fingerprint density at radius 3 is 2.84 bits per heavy atom. The molecule has 5 nitrogen and oxygen atoms in total. The molecule has 0 saturated carbocycles. The Kier molecular flexibility index (Phi) is 4.41. The van der Waals surface area contributed by atoms with Crippen LogP contribution in [-0.2, 0) is 6.42 Å². The second kappa shape index (κ2) is 7.00. The van der Waals surface area contributed by atoms with Crippen molar-refractivity contribution >= 4 is 33.7 Å². The predicted octanol–water partition coefficient (Wildman–Crippen LogP) is 4.44. The highest BCUT2D eigenvalue weighted by molar-refractivity contribution is 7.15. The summed E-state index contributed by atoms with van der Waals surface area (Å²) in [5, 5.41) is 12.4. The number of amides is 1. The predicted molar refractivity (Wildman–Crippen MR) is 101 cm³/mol. The van der Waals surface area contributed by atoms with Crippen molar-refractivity contribution < 1.29 is 4.79 Å². The molecular formula is C18H14N4OS2. The minimum Gasteiger partial charge on any atom is -0.296 e. The van der Waals surface area contributed by atoms with Crippen molar-refractivity contribution in [1.29, 1.82) is 0 Å². The zero-order chi connectivity index (χ0) is 17.1. The molecule has 1 amide bonds. The molecule has 0 fully saturated rings. The highest BCUT2D eigenvalue weighted by atomic mass is 32.1. The Labute approximate surface area is 152 Å². The lowest BCUT2D eigenvalue weighted by atomic mass is 10.1. The lowest BCUT2D eigenvalue weighted by molar-refractivity contribution is 0.102. The Morgan fingerprint density at radius 2 is 2.04 bits per heavy atom. The van der Waals surface area contributed by atoms with Gasteiger partial charge < -0.3 is 0 Å². The molecule has 2 N–H and O–H groups in total. The summed E-state index contributed by atoms with van der Waals surface area (Å²) in [7, 11) is 0. The number of hydrogen-bond acceptors (Lipinski definition) is 5. The maximum absolute atomic E-state index is 12.3. The van der Waals surface area contributed by atoms with Gasteiger partial charge in [0.2, 0.25) is 0 Å². The van der Waals surface area contributed by atoms with Crippen molar-refractivity contribution in [3.63, 3.8) is 0 Å². The Hall–Kier alpha value is -2.77. The number of aromatic amines is 1. The Morgan fingerprint density at radius 1 is 1.16 bits per heavy atom. The fraction of sp³-hybridized carbons (Fsp3) is 0.0556. The van der Waals surface area contributed by atoms with Crippen LogP contribution in [0.3, 0.4) is 0 Å². The molecule has 0 aliphatic carbocycles. The molecule has 7 heteroatoms. The van der Waals surface area contributed by atoms with Gasteiger partial charge in [0.1, 0.15) is 0 Å². The van der Waals surface area contributed by atoms with Gasteiger partial charge in [-0.1, -0.05) is 36.4 Å². The van der Waals surface area contributed by atoms with Gasteiger partial charge in [0, 0.05) is 17.5 Å². The molecule has 25 heavy (non-hydrogen) atoms. The first-order chi connectivity index (χ1) is 12.3. The summed E-state index contributed by atoms with van der Waals surface area (Å²) in [4.78, 5) is 18.8. The molecular weight excluding hydrogens is 352 g/mol. The molecule has 0 atom stereocenters. The Bertz CT molecular complexity index is 974. The molecule has 4 rings (SSSR count). The van der Waals surface area contributed by atoms with Crippen molar-refractivity contribution in [2.45, 2.75) is 6.42 Å². The minimum atomic E-state index is -0.264. The van der Waals surface area contributed by atoms with Crippen LogP contribution in [0.25, 0.3) is 10.6 Å². The second-order valence-corrected chi connectivity index (χ2v) is 7.46. The molecule has 0 saturated heterocycles. The van der Waals surface area contributed by atoms with Gasteiger partial charge in [-0.2, -0.15) is 5.10 Å². The molecule has 0 aliphatic heterocycles. The minimum absolute atomic E-state index is 0.264. The second-order valence-electron chi connectivity index (χ2n) is 5.39. The Balaban J connectivity index is 1.43. The first-order valence-corrected chi connectivity index (χ1v) is 9.37. The molecule has 3 heterocycles. The van der Waals surface area contributed by atoms with Gasteiger partial charge in [-0.25, -0.2) is 4.98 Å². The number of benzene rings is 1. The van der Waals surface area contributed by atoms with Crippen LogP contribution in [0.4, 0.5) is 5.13 Å². The van der Waals surface area contributed by atoms with E-state index >= 15 is 0 Å². The molecule has 1 aromatic carbocycles. The summed E-state index contributed by atoms with van der Waals surface area (Å²) in [5.41, 5.74) is 2.41. The average molecular weight is 366 g/mol. The van der Waals surface area contributed by atoms with Crippen LogP contribution in [0.2, 0.25) is 0 Å². The van der Waals surface area contributed by atoms with Crippen molar-refractivity contribution in [3.05, 3.63) is 76.2 Å². The van der Waals surface area contributed by atoms with E-state index < -0.39 is 0 Å². The summed E-state index contributed by atoms with van der Waals surface area (Å²) in [6.45, 7) is 0. The van der Waals surface area contributed by atoms with Gasteiger partial charge in [-0.15, -0.1) is 22.7 Å². The average Bonchev–Trinajstić information content (AvgIpc) is 3.37. The number of hydrogen-bond donors (Lipinski definition) is 2. The van der Waals surface area contributed by atoms with Gasteiger partial charge >= 0.3 is 0 Å². The van der Waals surface area contributed by atoms with E-state index in [2.05, 4.69) is 32.6 Å².